The molecule has 1 aromatic heterocycles. The van der Waals surface area contributed by atoms with Gasteiger partial charge in [0.25, 0.3) is 0 Å². The average Bonchev–Trinajstić information content (AvgIpc) is 2.90. The second-order valence-corrected chi connectivity index (χ2v) is 5.83. The molecule has 0 spiro atoms. The minimum Gasteiger partial charge on any atom is -0.359 e. The van der Waals surface area contributed by atoms with Crippen molar-refractivity contribution in [2.75, 3.05) is 5.75 Å². The van der Waals surface area contributed by atoms with Gasteiger partial charge in [-0.1, -0.05) is 18.7 Å². The number of rotatable bonds is 4. The molecule has 1 N–H and O–H groups in total. The fourth-order valence-electron chi connectivity index (χ4n) is 1.76. The van der Waals surface area contributed by atoms with Gasteiger partial charge in [-0.05, 0) is 20.3 Å². The molecule has 0 saturated carbocycles. The van der Waals surface area contributed by atoms with Crippen molar-refractivity contribution in [3.05, 3.63) is 18.7 Å². The van der Waals surface area contributed by atoms with E-state index in [9.17, 15) is 0 Å². The van der Waals surface area contributed by atoms with Crippen LogP contribution in [0.5, 0.6) is 0 Å². The number of nitrogens with one attached hydrogen (secondary N) is 1. The summed E-state index contributed by atoms with van der Waals surface area (Å²) in [5, 5.41) is 4.60. The first kappa shape index (κ1) is 12.5. The predicted molar refractivity (Wildman–Crippen MR) is 73.4 cm³/mol. The fourth-order valence-corrected chi connectivity index (χ4v) is 3.06. The Labute approximate surface area is 107 Å². The highest BCUT2D eigenvalue weighted by molar-refractivity contribution is 8.14. The van der Waals surface area contributed by atoms with E-state index < -0.39 is 0 Å². The molecule has 1 aliphatic heterocycles. The predicted octanol–water partition coefficient (Wildman–Crippen LogP) is 2.13. The van der Waals surface area contributed by atoms with E-state index in [0.717, 1.165) is 23.9 Å². The van der Waals surface area contributed by atoms with E-state index in [1.165, 1.54) is 0 Å². The van der Waals surface area contributed by atoms with Gasteiger partial charge in [0, 0.05) is 30.2 Å². The van der Waals surface area contributed by atoms with Crippen molar-refractivity contribution in [3.63, 3.8) is 0 Å². The van der Waals surface area contributed by atoms with Crippen LogP contribution in [-0.4, -0.2) is 32.1 Å². The van der Waals surface area contributed by atoms with Gasteiger partial charge in [0.1, 0.15) is 0 Å². The molecule has 1 aromatic rings. The quantitative estimate of drug-likeness (QED) is 0.892. The van der Waals surface area contributed by atoms with Gasteiger partial charge in [-0.3, -0.25) is 4.99 Å². The molecular weight excluding hydrogens is 232 g/mol. The van der Waals surface area contributed by atoms with Gasteiger partial charge in [0.15, 0.2) is 5.17 Å². The van der Waals surface area contributed by atoms with Crippen molar-refractivity contribution >= 4 is 16.9 Å². The van der Waals surface area contributed by atoms with Crippen LogP contribution in [0.25, 0.3) is 0 Å². The van der Waals surface area contributed by atoms with Crippen LogP contribution >= 0.6 is 11.8 Å². The second kappa shape index (κ2) is 5.12. The van der Waals surface area contributed by atoms with Crippen molar-refractivity contribution in [1.29, 1.82) is 0 Å². The molecule has 2 heterocycles. The van der Waals surface area contributed by atoms with E-state index in [1.54, 1.807) is 6.20 Å². The second-order valence-electron chi connectivity index (χ2n) is 4.87. The molecule has 4 nitrogen and oxygen atoms in total. The summed E-state index contributed by atoms with van der Waals surface area (Å²) in [6, 6.07) is 0.276. The van der Waals surface area contributed by atoms with Gasteiger partial charge in [-0.25, -0.2) is 4.98 Å². The maximum Gasteiger partial charge on any atom is 0.157 e. The van der Waals surface area contributed by atoms with Gasteiger partial charge in [0.05, 0.1) is 12.4 Å². The lowest BCUT2D eigenvalue weighted by atomic mass is 10.0. The standard InChI is InChI=1S/C12H20N4S/c1-4-12(3)8-17-11(15-12)14-10(2)7-16-6-5-13-9-16/h5-6,9-10H,4,7-8H2,1-3H3,(H,14,15). The summed E-state index contributed by atoms with van der Waals surface area (Å²) < 4.78 is 2.06. The summed E-state index contributed by atoms with van der Waals surface area (Å²) in [6.45, 7) is 7.49. The lowest BCUT2D eigenvalue weighted by Gasteiger charge is -2.21. The first-order chi connectivity index (χ1) is 8.11. The number of thioether (sulfide) groups is 1. The highest BCUT2D eigenvalue weighted by Gasteiger charge is 2.30. The number of hydrogen-bond donors (Lipinski definition) is 1. The number of imidazole rings is 1. The fraction of sp³-hybridized carbons (Fsp3) is 0.667. The van der Waals surface area contributed by atoms with E-state index in [2.05, 4.69) is 35.6 Å². The summed E-state index contributed by atoms with van der Waals surface area (Å²) in [5.74, 6) is 1.11. The number of nitrogens with zero attached hydrogens (tertiary/aromatic N) is 3. The molecule has 0 bridgehead atoms. The molecule has 2 atom stereocenters. The van der Waals surface area contributed by atoms with Crippen LogP contribution in [0.2, 0.25) is 0 Å². The number of aromatic nitrogens is 2. The summed E-state index contributed by atoms with van der Waals surface area (Å²) >= 11 is 1.83. The van der Waals surface area contributed by atoms with E-state index in [-0.39, 0.29) is 11.6 Å². The topological polar surface area (TPSA) is 42.2 Å². The van der Waals surface area contributed by atoms with Crippen molar-refractivity contribution in [3.8, 4) is 0 Å². The summed E-state index contributed by atoms with van der Waals surface area (Å²) in [5.41, 5.74) is 0.220. The molecule has 0 radical (unpaired) electrons. The lowest BCUT2D eigenvalue weighted by Crippen LogP contribution is -2.40. The minimum atomic E-state index is 0.220. The normalized spacial score (nSPS) is 28.3. The lowest BCUT2D eigenvalue weighted by molar-refractivity contribution is 0.464. The van der Waals surface area contributed by atoms with Gasteiger partial charge < -0.3 is 9.88 Å². The minimum absolute atomic E-state index is 0.220. The van der Waals surface area contributed by atoms with E-state index >= 15 is 0 Å². The monoisotopic (exact) mass is 252 g/mol. The van der Waals surface area contributed by atoms with Crippen molar-refractivity contribution in [2.24, 2.45) is 4.99 Å². The zero-order valence-electron chi connectivity index (χ0n) is 10.7. The van der Waals surface area contributed by atoms with Crippen LogP contribution in [0.3, 0.4) is 0 Å². The van der Waals surface area contributed by atoms with Gasteiger partial charge in [-0.2, -0.15) is 0 Å². The Morgan fingerprint density at radius 2 is 2.53 bits per heavy atom. The molecule has 5 heteroatoms. The maximum absolute atomic E-state index is 4.71. The zero-order chi connectivity index (χ0) is 12.3. The maximum atomic E-state index is 4.71. The Morgan fingerprint density at radius 3 is 3.12 bits per heavy atom. The van der Waals surface area contributed by atoms with Crippen LogP contribution in [0, 0.1) is 0 Å². The highest BCUT2D eigenvalue weighted by Crippen LogP contribution is 2.25. The first-order valence-corrected chi connectivity index (χ1v) is 7.04. The molecule has 1 aliphatic rings. The summed E-state index contributed by atoms with van der Waals surface area (Å²) in [7, 11) is 0. The third-order valence-electron chi connectivity index (χ3n) is 3.09. The summed E-state index contributed by atoms with van der Waals surface area (Å²) in [6.07, 6.45) is 6.75. The number of hydrogen-bond acceptors (Lipinski definition) is 3. The van der Waals surface area contributed by atoms with Crippen molar-refractivity contribution in [1.82, 2.24) is 14.9 Å². The van der Waals surface area contributed by atoms with E-state index in [4.69, 9.17) is 4.99 Å². The van der Waals surface area contributed by atoms with Gasteiger partial charge in [-0.15, -0.1) is 0 Å². The summed E-state index contributed by atoms with van der Waals surface area (Å²) in [4.78, 5) is 8.75. The number of amidine groups is 1. The molecule has 2 unspecified atom stereocenters. The zero-order valence-corrected chi connectivity index (χ0v) is 11.5. The molecule has 1 saturated heterocycles. The Balaban J connectivity index is 1.92. The van der Waals surface area contributed by atoms with Crippen molar-refractivity contribution in [2.45, 2.75) is 45.3 Å². The van der Waals surface area contributed by atoms with Crippen molar-refractivity contribution < 1.29 is 0 Å². The molecule has 0 aliphatic carbocycles. The molecule has 2 rings (SSSR count). The van der Waals surface area contributed by atoms with Crippen LogP contribution in [0.4, 0.5) is 0 Å². The Kier molecular flexibility index (Phi) is 3.76. The Hall–Kier alpha value is -0.970. The van der Waals surface area contributed by atoms with Crippen LogP contribution in [-0.2, 0) is 6.54 Å². The molecular formula is C12H20N4S. The van der Waals surface area contributed by atoms with E-state index in [0.29, 0.717) is 0 Å². The first-order valence-electron chi connectivity index (χ1n) is 6.06. The molecule has 1 fully saturated rings. The van der Waals surface area contributed by atoms with Crippen LogP contribution in [0.1, 0.15) is 27.2 Å². The Morgan fingerprint density at radius 1 is 1.71 bits per heavy atom. The molecule has 94 valence electrons. The Bertz CT molecular complexity index is 387. The number of aliphatic imine (C=N–C) groups is 1. The van der Waals surface area contributed by atoms with Crippen LogP contribution in [0.15, 0.2) is 23.7 Å². The smallest absolute Gasteiger partial charge is 0.157 e. The molecule has 0 amide bonds. The molecule has 0 aromatic carbocycles. The largest absolute Gasteiger partial charge is 0.359 e. The van der Waals surface area contributed by atoms with Gasteiger partial charge in [0.2, 0.25) is 0 Å². The van der Waals surface area contributed by atoms with Gasteiger partial charge >= 0.3 is 0 Å². The van der Waals surface area contributed by atoms with Crippen LogP contribution < -0.4 is 5.32 Å². The third-order valence-corrected chi connectivity index (χ3v) is 4.35. The van der Waals surface area contributed by atoms with E-state index in [1.807, 2.05) is 24.3 Å². The third kappa shape index (κ3) is 3.25. The highest BCUT2D eigenvalue weighted by atomic mass is 32.2. The molecule has 17 heavy (non-hydrogen) atoms. The average molecular weight is 252 g/mol. The SMILES string of the molecule is CCC1(C)CSC(=NC(C)Cn2ccnc2)N1.